The molecule has 0 fully saturated rings. The lowest BCUT2D eigenvalue weighted by atomic mass is 10.2. The summed E-state index contributed by atoms with van der Waals surface area (Å²) in [5.74, 6) is 0.625. The SMILES string of the molecule is C=Cc1ccc(O)c(OC)c1.c1ccc2occc2c1. The Hall–Kier alpha value is -2.68. The fraction of sp³-hybridized carbons (Fsp3) is 0.0588. The predicted molar refractivity (Wildman–Crippen MR) is 81.0 cm³/mol. The number of ether oxygens (including phenoxy) is 1. The third-order valence-corrected chi connectivity index (χ3v) is 2.80. The van der Waals surface area contributed by atoms with Crippen molar-refractivity contribution in [3.63, 3.8) is 0 Å². The number of phenolic OH excluding ortho intramolecular Hbond substituents is 1. The van der Waals surface area contributed by atoms with Crippen molar-refractivity contribution < 1.29 is 14.3 Å². The topological polar surface area (TPSA) is 42.6 Å². The molecule has 0 aliphatic heterocycles. The molecule has 0 saturated heterocycles. The number of hydrogen-bond acceptors (Lipinski definition) is 3. The van der Waals surface area contributed by atoms with Crippen LogP contribution in [-0.4, -0.2) is 12.2 Å². The largest absolute Gasteiger partial charge is 0.504 e. The second-order valence-electron chi connectivity index (χ2n) is 4.09. The minimum Gasteiger partial charge on any atom is -0.504 e. The molecular weight excluding hydrogens is 252 g/mol. The van der Waals surface area contributed by atoms with Gasteiger partial charge in [0.05, 0.1) is 13.4 Å². The molecule has 0 spiro atoms. The molecule has 1 N–H and O–H groups in total. The van der Waals surface area contributed by atoms with Crippen LogP contribution in [0.5, 0.6) is 11.5 Å². The summed E-state index contributed by atoms with van der Waals surface area (Å²) in [5.41, 5.74) is 1.89. The lowest BCUT2D eigenvalue weighted by molar-refractivity contribution is 0.373. The molecule has 0 saturated carbocycles. The zero-order valence-electron chi connectivity index (χ0n) is 11.2. The van der Waals surface area contributed by atoms with Gasteiger partial charge in [-0.15, -0.1) is 0 Å². The zero-order valence-corrected chi connectivity index (χ0v) is 11.2. The van der Waals surface area contributed by atoms with Crippen molar-refractivity contribution in [2.24, 2.45) is 0 Å². The zero-order chi connectivity index (χ0) is 14.4. The fourth-order valence-corrected chi connectivity index (χ4v) is 1.73. The summed E-state index contributed by atoms with van der Waals surface area (Å²) >= 11 is 0. The molecule has 3 aromatic rings. The van der Waals surface area contributed by atoms with Crippen LogP contribution in [0.2, 0.25) is 0 Å². The van der Waals surface area contributed by atoms with Gasteiger partial charge in [0.2, 0.25) is 0 Å². The van der Waals surface area contributed by atoms with E-state index in [9.17, 15) is 5.11 Å². The number of benzene rings is 2. The van der Waals surface area contributed by atoms with Crippen molar-refractivity contribution in [3.05, 3.63) is 66.9 Å². The van der Waals surface area contributed by atoms with Crippen LogP contribution in [0.15, 0.2) is 65.8 Å². The van der Waals surface area contributed by atoms with Crippen molar-refractivity contribution in [1.82, 2.24) is 0 Å². The smallest absolute Gasteiger partial charge is 0.161 e. The van der Waals surface area contributed by atoms with E-state index in [-0.39, 0.29) is 5.75 Å². The Morgan fingerprint density at radius 2 is 1.95 bits per heavy atom. The summed E-state index contributed by atoms with van der Waals surface area (Å²) in [6.45, 7) is 3.60. The number of methoxy groups -OCH3 is 1. The maximum absolute atomic E-state index is 9.17. The normalized spacial score (nSPS) is 9.65. The van der Waals surface area contributed by atoms with Gasteiger partial charge < -0.3 is 14.3 Å². The van der Waals surface area contributed by atoms with Crippen molar-refractivity contribution in [1.29, 1.82) is 0 Å². The average molecular weight is 268 g/mol. The Kier molecular flexibility index (Phi) is 4.45. The molecule has 3 rings (SSSR count). The fourth-order valence-electron chi connectivity index (χ4n) is 1.73. The molecule has 3 nitrogen and oxygen atoms in total. The van der Waals surface area contributed by atoms with Gasteiger partial charge in [-0.1, -0.05) is 36.9 Å². The Labute approximate surface area is 117 Å². The van der Waals surface area contributed by atoms with Gasteiger partial charge in [-0.05, 0) is 29.8 Å². The molecule has 1 heterocycles. The molecule has 0 unspecified atom stereocenters. The minimum atomic E-state index is 0.151. The molecule has 0 radical (unpaired) electrons. The van der Waals surface area contributed by atoms with Crippen molar-refractivity contribution >= 4 is 17.0 Å². The molecule has 20 heavy (non-hydrogen) atoms. The molecule has 0 aliphatic rings. The molecule has 0 amide bonds. The molecule has 102 valence electrons. The summed E-state index contributed by atoms with van der Waals surface area (Å²) in [6, 6.07) is 15.0. The van der Waals surface area contributed by atoms with E-state index < -0.39 is 0 Å². The summed E-state index contributed by atoms with van der Waals surface area (Å²) in [4.78, 5) is 0. The molecule has 3 heteroatoms. The first-order valence-electron chi connectivity index (χ1n) is 6.16. The molecule has 0 aliphatic carbocycles. The second-order valence-corrected chi connectivity index (χ2v) is 4.09. The van der Waals surface area contributed by atoms with Crippen molar-refractivity contribution in [3.8, 4) is 11.5 Å². The second kappa shape index (κ2) is 6.48. The number of fused-ring (bicyclic) bond motifs is 1. The van der Waals surface area contributed by atoms with Crippen LogP contribution in [0.3, 0.4) is 0 Å². The van der Waals surface area contributed by atoms with Crippen LogP contribution >= 0.6 is 0 Å². The quantitative estimate of drug-likeness (QED) is 0.745. The van der Waals surface area contributed by atoms with Gasteiger partial charge in [-0.25, -0.2) is 0 Å². The van der Waals surface area contributed by atoms with E-state index >= 15 is 0 Å². The van der Waals surface area contributed by atoms with Crippen molar-refractivity contribution in [2.45, 2.75) is 0 Å². The van der Waals surface area contributed by atoms with E-state index in [0.717, 1.165) is 16.5 Å². The first-order valence-corrected chi connectivity index (χ1v) is 6.16. The van der Waals surface area contributed by atoms with E-state index in [4.69, 9.17) is 9.15 Å². The lowest BCUT2D eigenvalue weighted by Gasteiger charge is -2.02. The highest BCUT2D eigenvalue weighted by Crippen LogP contribution is 2.26. The van der Waals surface area contributed by atoms with Gasteiger partial charge >= 0.3 is 0 Å². The van der Waals surface area contributed by atoms with Crippen LogP contribution in [-0.2, 0) is 0 Å². The van der Waals surface area contributed by atoms with Gasteiger partial charge in [-0.2, -0.15) is 0 Å². The lowest BCUT2D eigenvalue weighted by Crippen LogP contribution is -1.83. The number of hydrogen-bond donors (Lipinski definition) is 1. The number of furan rings is 1. The first kappa shape index (κ1) is 13.7. The molecule has 2 aromatic carbocycles. The summed E-state index contributed by atoms with van der Waals surface area (Å²) in [5, 5.41) is 10.3. The number of aromatic hydroxyl groups is 1. The van der Waals surface area contributed by atoms with Crippen molar-refractivity contribution in [2.75, 3.05) is 7.11 Å². The number of rotatable bonds is 2. The highest BCUT2D eigenvalue weighted by atomic mass is 16.5. The standard InChI is InChI=1S/C9H10O2.C8H6O/c1-3-7-4-5-8(10)9(6-7)11-2;1-2-4-8-7(3-1)5-6-9-8/h3-6,10H,1H2,2H3;1-6H. The molecule has 0 bridgehead atoms. The average Bonchev–Trinajstić information content (AvgIpc) is 2.97. The summed E-state index contributed by atoms with van der Waals surface area (Å²) < 4.78 is 10.0. The van der Waals surface area contributed by atoms with Gasteiger partial charge in [-0.3, -0.25) is 0 Å². The number of phenols is 1. The van der Waals surface area contributed by atoms with E-state index in [1.54, 1.807) is 30.5 Å². The molecule has 0 atom stereocenters. The Bertz CT molecular complexity index is 668. The van der Waals surface area contributed by atoms with Crippen LogP contribution in [0.1, 0.15) is 5.56 Å². The predicted octanol–water partition coefficient (Wildman–Crippen LogP) is 4.48. The van der Waals surface area contributed by atoms with E-state index in [1.165, 1.54) is 7.11 Å². The maximum Gasteiger partial charge on any atom is 0.161 e. The minimum absolute atomic E-state index is 0.151. The third kappa shape index (κ3) is 3.20. The Balaban J connectivity index is 0.000000149. The Morgan fingerprint density at radius 3 is 2.65 bits per heavy atom. The van der Waals surface area contributed by atoms with E-state index in [0.29, 0.717) is 5.75 Å². The van der Waals surface area contributed by atoms with Crippen LogP contribution in [0.4, 0.5) is 0 Å². The Morgan fingerprint density at radius 1 is 1.15 bits per heavy atom. The highest BCUT2D eigenvalue weighted by molar-refractivity contribution is 5.76. The highest BCUT2D eigenvalue weighted by Gasteiger charge is 1.98. The van der Waals surface area contributed by atoms with Gasteiger partial charge in [0.1, 0.15) is 5.58 Å². The molecular formula is C17H16O3. The van der Waals surface area contributed by atoms with E-state index in [2.05, 4.69) is 6.58 Å². The summed E-state index contributed by atoms with van der Waals surface area (Å²) in [7, 11) is 1.52. The van der Waals surface area contributed by atoms with Gasteiger partial charge in [0.25, 0.3) is 0 Å². The van der Waals surface area contributed by atoms with Gasteiger partial charge in [0.15, 0.2) is 11.5 Å². The van der Waals surface area contributed by atoms with Crippen LogP contribution in [0.25, 0.3) is 17.0 Å². The first-order chi connectivity index (χ1) is 9.74. The number of para-hydroxylation sites is 1. The van der Waals surface area contributed by atoms with Gasteiger partial charge in [0, 0.05) is 5.39 Å². The summed E-state index contributed by atoms with van der Waals surface area (Å²) in [6.07, 6.45) is 3.40. The monoisotopic (exact) mass is 268 g/mol. The third-order valence-electron chi connectivity index (χ3n) is 2.80. The van der Waals surface area contributed by atoms with Crippen LogP contribution in [0, 0.1) is 0 Å². The maximum atomic E-state index is 9.17. The molecule has 1 aromatic heterocycles. The van der Waals surface area contributed by atoms with E-state index in [1.807, 2.05) is 30.3 Å². The van der Waals surface area contributed by atoms with Crippen LogP contribution < -0.4 is 4.74 Å².